The van der Waals surface area contributed by atoms with Gasteiger partial charge in [0.05, 0.1) is 17.2 Å². The van der Waals surface area contributed by atoms with Crippen molar-refractivity contribution in [1.29, 1.82) is 0 Å². The summed E-state index contributed by atoms with van der Waals surface area (Å²) in [6.07, 6.45) is 0. The van der Waals surface area contributed by atoms with Crippen molar-refractivity contribution in [2.45, 2.75) is 6.92 Å². The molecule has 0 spiro atoms. The lowest BCUT2D eigenvalue weighted by Crippen LogP contribution is -2.32. The monoisotopic (exact) mass is 269 g/mol. The summed E-state index contributed by atoms with van der Waals surface area (Å²) < 4.78 is 0. The second-order valence-corrected chi connectivity index (χ2v) is 4.28. The van der Waals surface area contributed by atoms with Crippen LogP contribution in [-0.4, -0.2) is 11.9 Å². The Bertz CT molecular complexity index is 636. The van der Waals surface area contributed by atoms with E-state index in [4.69, 9.17) is 0 Å². The number of carbonyl (C=O) groups is 2. The van der Waals surface area contributed by atoms with E-state index in [9.17, 15) is 14.7 Å². The quantitative estimate of drug-likeness (QED) is 0.815. The minimum Gasteiger partial charge on any atom is -0.545 e. The molecule has 2 rings (SSSR count). The van der Waals surface area contributed by atoms with Crippen molar-refractivity contribution >= 4 is 17.6 Å². The highest BCUT2D eigenvalue weighted by Crippen LogP contribution is 2.09. The van der Waals surface area contributed by atoms with Crippen LogP contribution in [0.15, 0.2) is 48.5 Å². The van der Waals surface area contributed by atoms with E-state index in [2.05, 4.69) is 10.9 Å². The molecule has 0 aliphatic rings. The number of hydrazine groups is 1. The van der Waals surface area contributed by atoms with Gasteiger partial charge >= 0.3 is 0 Å². The second kappa shape index (κ2) is 5.88. The number of hydrogen-bond acceptors (Lipinski definition) is 4. The van der Waals surface area contributed by atoms with E-state index >= 15 is 0 Å². The maximum absolute atomic E-state index is 11.9. The molecule has 2 aromatic carbocycles. The lowest BCUT2D eigenvalue weighted by molar-refractivity contribution is -0.255. The van der Waals surface area contributed by atoms with E-state index in [0.717, 1.165) is 5.56 Å². The molecular formula is C15H13N2O3-. The minimum atomic E-state index is -1.38. The van der Waals surface area contributed by atoms with Gasteiger partial charge in [-0.05, 0) is 25.1 Å². The number of hydrogen-bond donors (Lipinski definition) is 2. The summed E-state index contributed by atoms with van der Waals surface area (Å²) in [5, 5.41) is 10.9. The summed E-state index contributed by atoms with van der Waals surface area (Å²) in [6.45, 7) is 1.96. The van der Waals surface area contributed by atoms with Crippen LogP contribution in [0, 0.1) is 6.92 Å². The lowest BCUT2D eigenvalue weighted by atomic mass is 10.1. The van der Waals surface area contributed by atoms with Crippen LogP contribution in [0.3, 0.4) is 0 Å². The van der Waals surface area contributed by atoms with Crippen molar-refractivity contribution in [1.82, 2.24) is 5.43 Å². The fourth-order valence-electron chi connectivity index (χ4n) is 1.69. The number of carbonyl (C=O) groups excluding carboxylic acids is 2. The first-order valence-electron chi connectivity index (χ1n) is 6.01. The molecule has 0 unspecified atom stereocenters. The highest BCUT2D eigenvalue weighted by atomic mass is 16.4. The van der Waals surface area contributed by atoms with Gasteiger partial charge in [0.25, 0.3) is 5.91 Å². The van der Waals surface area contributed by atoms with Crippen LogP contribution in [0.1, 0.15) is 26.3 Å². The first kappa shape index (κ1) is 13.6. The van der Waals surface area contributed by atoms with Gasteiger partial charge in [0.2, 0.25) is 0 Å². The van der Waals surface area contributed by atoms with E-state index in [0.29, 0.717) is 5.69 Å². The molecule has 0 aliphatic carbocycles. The summed E-state index contributed by atoms with van der Waals surface area (Å²) >= 11 is 0. The largest absolute Gasteiger partial charge is 0.545 e. The molecule has 102 valence electrons. The zero-order valence-corrected chi connectivity index (χ0v) is 10.8. The van der Waals surface area contributed by atoms with Crippen molar-refractivity contribution < 1.29 is 14.7 Å². The molecule has 0 radical (unpaired) electrons. The predicted molar refractivity (Wildman–Crippen MR) is 73.0 cm³/mol. The Morgan fingerprint density at radius 3 is 2.15 bits per heavy atom. The Kier molecular flexibility index (Phi) is 4.00. The van der Waals surface area contributed by atoms with Gasteiger partial charge in [-0.15, -0.1) is 0 Å². The van der Waals surface area contributed by atoms with Crippen LogP contribution < -0.4 is 16.0 Å². The fourth-order valence-corrected chi connectivity index (χ4v) is 1.69. The zero-order chi connectivity index (χ0) is 14.5. The molecule has 0 bridgehead atoms. The molecule has 0 aliphatic heterocycles. The molecule has 5 nitrogen and oxygen atoms in total. The van der Waals surface area contributed by atoms with Gasteiger partial charge in [-0.25, -0.2) is 0 Å². The smallest absolute Gasteiger partial charge is 0.270 e. The maximum atomic E-state index is 11.9. The fraction of sp³-hybridized carbons (Fsp3) is 0.0667. The average Bonchev–Trinajstić information content (AvgIpc) is 2.46. The third kappa shape index (κ3) is 3.14. The molecule has 5 heteroatoms. The number of aromatic carboxylic acids is 1. The molecule has 20 heavy (non-hydrogen) atoms. The van der Waals surface area contributed by atoms with Gasteiger partial charge in [0, 0.05) is 5.56 Å². The van der Waals surface area contributed by atoms with Crippen LogP contribution in [0.2, 0.25) is 0 Å². The van der Waals surface area contributed by atoms with Crippen LogP contribution in [0.5, 0.6) is 0 Å². The topological polar surface area (TPSA) is 81.3 Å². The number of nitrogens with one attached hydrogen (secondary N) is 2. The third-order valence-corrected chi connectivity index (χ3v) is 2.76. The summed E-state index contributed by atoms with van der Waals surface area (Å²) in [7, 11) is 0. The summed E-state index contributed by atoms with van der Waals surface area (Å²) in [6, 6.07) is 13.3. The summed E-state index contributed by atoms with van der Waals surface area (Å²) in [5.41, 5.74) is 6.88. The van der Waals surface area contributed by atoms with E-state index < -0.39 is 11.9 Å². The number of aryl methyl sites for hydroxylation is 1. The normalized spacial score (nSPS) is 9.85. The van der Waals surface area contributed by atoms with Crippen LogP contribution in [0.4, 0.5) is 5.69 Å². The van der Waals surface area contributed by atoms with Gasteiger partial charge in [-0.2, -0.15) is 0 Å². The van der Waals surface area contributed by atoms with Gasteiger partial charge in [-0.3, -0.25) is 15.6 Å². The zero-order valence-electron chi connectivity index (χ0n) is 10.8. The van der Waals surface area contributed by atoms with Gasteiger partial charge < -0.3 is 9.90 Å². The highest BCUT2D eigenvalue weighted by Gasteiger charge is 2.10. The number of carboxylic acids is 1. The molecular weight excluding hydrogens is 256 g/mol. The van der Waals surface area contributed by atoms with E-state index in [-0.39, 0.29) is 11.1 Å². The Balaban J connectivity index is 2.09. The number of benzene rings is 2. The Labute approximate surface area is 116 Å². The van der Waals surface area contributed by atoms with E-state index in [1.165, 1.54) is 18.2 Å². The number of amides is 1. The number of anilines is 1. The number of carboxylic acid groups (broad SMARTS) is 1. The third-order valence-electron chi connectivity index (χ3n) is 2.76. The van der Waals surface area contributed by atoms with Crippen molar-refractivity contribution in [3.8, 4) is 0 Å². The van der Waals surface area contributed by atoms with Gasteiger partial charge in [0.1, 0.15) is 0 Å². The van der Waals surface area contributed by atoms with Crippen molar-refractivity contribution in [2.75, 3.05) is 5.43 Å². The Morgan fingerprint density at radius 2 is 1.55 bits per heavy atom. The Morgan fingerprint density at radius 1 is 0.950 bits per heavy atom. The van der Waals surface area contributed by atoms with Crippen molar-refractivity contribution in [2.24, 2.45) is 0 Å². The average molecular weight is 269 g/mol. The van der Waals surface area contributed by atoms with Gasteiger partial charge in [0.15, 0.2) is 0 Å². The van der Waals surface area contributed by atoms with E-state index in [1.807, 2.05) is 19.1 Å². The molecule has 0 heterocycles. The van der Waals surface area contributed by atoms with Gasteiger partial charge in [-0.1, -0.05) is 35.9 Å². The molecule has 0 saturated carbocycles. The Hall–Kier alpha value is -2.82. The predicted octanol–water partition coefficient (Wildman–Crippen LogP) is 1.12. The standard InChI is InChI=1S/C15H14N2O3/c1-10-6-8-11(9-7-10)16-17-14(18)12-4-2-3-5-13(12)15(19)20/h2-9,16H,1H3,(H,17,18)(H,19,20)/p-1. The van der Waals surface area contributed by atoms with Crippen LogP contribution in [-0.2, 0) is 0 Å². The molecule has 2 aromatic rings. The van der Waals surface area contributed by atoms with Crippen LogP contribution >= 0.6 is 0 Å². The molecule has 0 saturated heterocycles. The van der Waals surface area contributed by atoms with E-state index in [1.54, 1.807) is 18.2 Å². The van der Waals surface area contributed by atoms with Crippen molar-refractivity contribution in [3.63, 3.8) is 0 Å². The SMILES string of the molecule is Cc1ccc(NNC(=O)c2ccccc2C(=O)[O-])cc1. The second-order valence-electron chi connectivity index (χ2n) is 4.28. The molecule has 0 aromatic heterocycles. The summed E-state index contributed by atoms with van der Waals surface area (Å²) in [4.78, 5) is 22.9. The lowest BCUT2D eigenvalue weighted by Gasteiger charge is -2.12. The first-order chi connectivity index (χ1) is 9.58. The highest BCUT2D eigenvalue weighted by molar-refractivity contribution is 6.04. The minimum absolute atomic E-state index is 0.0483. The first-order valence-corrected chi connectivity index (χ1v) is 6.01. The molecule has 2 N–H and O–H groups in total. The molecule has 0 fully saturated rings. The van der Waals surface area contributed by atoms with Crippen molar-refractivity contribution in [3.05, 3.63) is 65.2 Å². The maximum Gasteiger partial charge on any atom is 0.270 e. The molecule has 1 amide bonds. The van der Waals surface area contributed by atoms with Crippen LogP contribution in [0.25, 0.3) is 0 Å². The summed E-state index contributed by atoms with van der Waals surface area (Å²) in [5.74, 6) is -1.92. The number of rotatable bonds is 4. The molecule has 0 atom stereocenters.